The van der Waals surface area contributed by atoms with Gasteiger partial charge >= 0.3 is 5.97 Å². The summed E-state index contributed by atoms with van der Waals surface area (Å²) in [7, 11) is 3.46. The zero-order valence-corrected chi connectivity index (χ0v) is 16.6. The van der Waals surface area contributed by atoms with Crippen molar-refractivity contribution in [1.82, 2.24) is 5.32 Å². The molecule has 1 rings (SSSR count). The van der Waals surface area contributed by atoms with E-state index in [1.807, 2.05) is 38.2 Å². The molecule has 0 aliphatic heterocycles. The third kappa shape index (κ3) is 5.92. The molecule has 0 saturated carbocycles. The fraction of sp³-hybridized carbons (Fsp3) is 0.632. The second kappa shape index (κ2) is 8.84. The van der Waals surface area contributed by atoms with Gasteiger partial charge in [-0.3, -0.25) is 4.79 Å². The van der Waals surface area contributed by atoms with Gasteiger partial charge in [0.2, 0.25) is 0 Å². The molecule has 0 aliphatic carbocycles. The average molecular weight is 384 g/mol. The summed E-state index contributed by atoms with van der Waals surface area (Å²) in [5, 5.41) is 3.25. The number of unbranched alkanes of at least 4 members (excludes halogenated alkanes) is 1. The number of hydrogen-bond donors (Lipinski definition) is 1. The van der Waals surface area contributed by atoms with Crippen LogP contribution in [0.25, 0.3) is 0 Å². The highest BCUT2D eigenvalue weighted by Gasteiger charge is 2.36. The molecule has 1 N–H and O–H groups in total. The lowest BCUT2D eigenvalue weighted by atomic mass is 9.77. The Morgan fingerprint density at radius 3 is 2.43 bits per heavy atom. The fourth-order valence-corrected chi connectivity index (χ4v) is 3.47. The molecule has 0 radical (unpaired) electrons. The molecule has 23 heavy (non-hydrogen) atoms. The molecule has 0 heterocycles. The Labute approximate surface area is 149 Å². The van der Waals surface area contributed by atoms with Crippen molar-refractivity contribution in [2.45, 2.75) is 51.9 Å². The second-order valence-electron chi connectivity index (χ2n) is 7.24. The summed E-state index contributed by atoms with van der Waals surface area (Å²) < 4.78 is 6.07. The van der Waals surface area contributed by atoms with Crippen molar-refractivity contribution in [3.63, 3.8) is 0 Å². The first kappa shape index (κ1) is 20.2. The van der Waals surface area contributed by atoms with Gasteiger partial charge < -0.3 is 10.1 Å². The van der Waals surface area contributed by atoms with Crippen molar-refractivity contribution in [2.24, 2.45) is 5.41 Å². The van der Waals surface area contributed by atoms with Gasteiger partial charge in [-0.1, -0.05) is 54.8 Å². The van der Waals surface area contributed by atoms with Gasteiger partial charge in [0.25, 0.3) is 0 Å². The van der Waals surface area contributed by atoms with E-state index in [-0.39, 0.29) is 11.4 Å². The van der Waals surface area contributed by atoms with Gasteiger partial charge in [0.1, 0.15) is 0 Å². The summed E-state index contributed by atoms with van der Waals surface area (Å²) in [6.07, 6.45) is 4.05. The number of methoxy groups -OCH3 is 1. The molecule has 0 saturated heterocycles. The molecule has 1 atom stereocenters. The average Bonchev–Trinajstić information content (AvgIpc) is 2.50. The Morgan fingerprint density at radius 2 is 1.87 bits per heavy atom. The van der Waals surface area contributed by atoms with Crippen LogP contribution in [0.2, 0.25) is 0 Å². The monoisotopic (exact) mass is 383 g/mol. The van der Waals surface area contributed by atoms with Crippen LogP contribution in [0.15, 0.2) is 28.7 Å². The van der Waals surface area contributed by atoms with Crippen molar-refractivity contribution in [2.75, 3.05) is 20.7 Å². The molecule has 0 fully saturated rings. The molecule has 3 nitrogen and oxygen atoms in total. The van der Waals surface area contributed by atoms with Gasteiger partial charge in [-0.2, -0.15) is 0 Å². The van der Waals surface area contributed by atoms with Gasteiger partial charge in [-0.25, -0.2) is 0 Å². The lowest BCUT2D eigenvalue weighted by Crippen LogP contribution is -2.34. The summed E-state index contributed by atoms with van der Waals surface area (Å²) in [5.74, 6) is -0.162. The second-order valence-corrected chi connectivity index (χ2v) is 8.15. The predicted octanol–water partition coefficient (Wildman–Crippen LogP) is 4.69. The first-order chi connectivity index (χ1) is 10.7. The number of carbonyl (C=O) groups excluding carboxylic acids is 1. The van der Waals surface area contributed by atoms with Crippen LogP contribution in [0.4, 0.5) is 0 Å². The highest BCUT2D eigenvalue weighted by molar-refractivity contribution is 9.10. The number of halogens is 1. The summed E-state index contributed by atoms with van der Waals surface area (Å²) in [6.45, 7) is 7.54. The van der Waals surface area contributed by atoms with Gasteiger partial charge in [-0.15, -0.1) is 0 Å². The van der Waals surface area contributed by atoms with Crippen molar-refractivity contribution in [3.05, 3.63) is 34.3 Å². The molecule has 1 aromatic rings. The summed E-state index contributed by atoms with van der Waals surface area (Å²) in [4.78, 5) is 12.4. The SMILES string of the molecule is CNCC(C)(C)CCCCC(C)(C(=O)OC)c1cccc(Br)c1. The number of hydrogen-bond acceptors (Lipinski definition) is 3. The topological polar surface area (TPSA) is 38.3 Å². The van der Waals surface area contributed by atoms with Crippen molar-refractivity contribution >= 4 is 21.9 Å². The Kier molecular flexibility index (Phi) is 7.75. The lowest BCUT2D eigenvalue weighted by Gasteiger charge is -2.29. The molecule has 0 amide bonds. The molecule has 0 spiro atoms. The largest absolute Gasteiger partial charge is 0.468 e. The third-order valence-electron chi connectivity index (χ3n) is 4.53. The van der Waals surface area contributed by atoms with Crippen LogP contribution >= 0.6 is 15.9 Å². The highest BCUT2D eigenvalue weighted by Crippen LogP contribution is 2.34. The van der Waals surface area contributed by atoms with Gasteiger partial charge in [0, 0.05) is 4.47 Å². The minimum absolute atomic E-state index is 0.162. The summed E-state index contributed by atoms with van der Waals surface area (Å²) in [6, 6.07) is 7.96. The minimum atomic E-state index is -0.592. The van der Waals surface area contributed by atoms with Crippen molar-refractivity contribution < 1.29 is 9.53 Å². The van der Waals surface area contributed by atoms with Gasteiger partial charge in [0.15, 0.2) is 0 Å². The van der Waals surface area contributed by atoms with Crippen LogP contribution < -0.4 is 5.32 Å². The minimum Gasteiger partial charge on any atom is -0.468 e. The fourth-order valence-electron chi connectivity index (χ4n) is 3.07. The molecule has 1 unspecified atom stereocenters. The van der Waals surface area contributed by atoms with Crippen LogP contribution in [0.1, 0.15) is 52.0 Å². The molecule has 0 aliphatic rings. The third-order valence-corrected chi connectivity index (χ3v) is 5.03. The Balaban J connectivity index is 2.75. The Bertz CT molecular complexity index is 516. The highest BCUT2D eigenvalue weighted by atomic mass is 79.9. The Hall–Kier alpha value is -0.870. The zero-order valence-electron chi connectivity index (χ0n) is 15.0. The number of esters is 1. The first-order valence-corrected chi connectivity index (χ1v) is 9.03. The standard InChI is InChI=1S/C19H30BrNO2/c1-18(2,14-21-4)11-6-7-12-19(3,17(22)23-5)15-9-8-10-16(20)13-15/h8-10,13,21H,6-7,11-12,14H2,1-5H3. The number of ether oxygens (including phenoxy) is 1. The normalized spacial score (nSPS) is 14.3. The lowest BCUT2D eigenvalue weighted by molar-refractivity contribution is -0.147. The molecule has 0 aromatic heterocycles. The number of rotatable bonds is 9. The summed E-state index contributed by atoms with van der Waals surface area (Å²) >= 11 is 3.49. The van der Waals surface area contributed by atoms with Gasteiger partial charge in [-0.05, 0) is 56.5 Å². The molecule has 4 heteroatoms. The molecular weight excluding hydrogens is 354 g/mol. The van der Waals surface area contributed by atoms with E-state index >= 15 is 0 Å². The smallest absolute Gasteiger partial charge is 0.315 e. The van der Waals surface area contributed by atoms with Crippen molar-refractivity contribution in [1.29, 1.82) is 0 Å². The maximum absolute atomic E-state index is 12.4. The van der Waals surface area contributed by atoms with E-state index in [9.17, 15) is 4.79 Å². The van der Waals surface area contributed by atoms with E-state index < -0.39 is 5.41 Å². The molecular formula is C19H30BrNO2. The van der Waals surface area contributed by atoms with Crippen LogP contribution in [-0.2, 0) is 14.9 Å². The van der Waals surface area contributed by atoms with Crippen LogP contribution in [-0.4, -0.2) is 26.7 Å². The van der Waals surface area contributed by atoms with E-state index in [2.05, 4.69) is 35.1 Å². The molecule has 130 valence electrons. The maximum Gasteiger partial charge on any atom is 0.315 e. The number of benzene rings is 1. The Morgan fingerprint density at radius 1 is 1.22 bits per heavy atom. The van der Waals surface area contributed by atoms with Gasteiger partial charge in [0.05, 0.1) is 12.5 Å². The number of nitrogens with one attached hydrogen (secondary N) is 1. The molecule has 1 aromatic carbocycles. The summed E-state index contributed by atoms with van der Waals surface area (Å²) in [5.41, 5.74) is 0.700. The quantitative estimate of drug-likeness (QED) is 0.496. The zero-order chi connectivity index (χ0) is 17.5. The van der Waals surface area contributed by atoms with E-state index in [4.69, 9.17) is 4.74 Å². The van der Waals surface area contributed by atoms with E-state index in [0.717, 1.165) is 42.3 Å². The van der Waals surface area contributed by atoms with Crippen LogP contribution in [0, 0.1) is 5.41 Å². The maximum atomic E-state index is 12.4. The number of carbonyl (C=O) groups is 1. The van der Waals surface area contributed by atoms with E-state index in [0.29, 0.717) is 0 Å². The first-order valence-electron chi connectivity index (χ1n) is 8.24. The molecule has 0 bridgehead atoms. The predicted molar refractivity (Wildman–Crippen MR) is 99.7 cm³/mol. The van der Waals surface area contributed by atoms with E-state index in [1.165, 1.54) is 7.11 Å². The van der Waals surface area contributed by atoms with Crippen molar-refractivity contribution in [3.8, 4) is 0 Å². The van der Waals surface area contributed by atoms with Crippen LogP contribution in [0.5, 0.6) is 0 Å². The van der Waals surface area contributed by atoms with Crippen LogP contribution in [0.3, 0.4) is 0 Å². The van der Waals surface area contributed by atoms with E-state index in [1.54, 1.807) is 0 Å².